The number of ether oxygens (including phenoxy) is 8. The molecule has 0 amide bonds. The van der Waals surface area contributed by atoms with Crippen molar-refractivity contribution in [3.05, 3.63) is 201 Å². The molecule has 0 aliphatic heterocycles. The first-order valence-corrected chi connectivity index (χ1v) is 40.3. The molecule has 6 rings (SSSR count). The van der Waals surface area contributed by atoms with Gasteiger partial charge >= 0.3 is 41.8 Å². The van der Waals surface area contributed by atoms with Gasteiger partial charge in [-0.2, -0.15) is 0 Å². The number of hydrogen-bond acceptors (Lipinski definition) is 33. The van der Waals surface area contributed by atoms with Gasteiger partial charge in [-0.05, 0) is 138 Å². The Morgan fingerprint density at radius 3 is 0.802 bits per heavy atom. The smallest absolute Gasteiger partial charge is 0.338 e. The third-order valence-electron chi connectivity index (χ3n) is 12.8. The van der Waals surface area contributed by atoms with E-state index in [1.807, 2.05) is 52.0 Å². The Labute approximate surface area is 615 Å². The summed E-state index contributed by atoms with van der Waals surface area (Å²) in [4.78, 5) is 79.3. The lowest BCUT2D eigenvalue weighted by Gasteiger charge is -2.18. The maximum absolute atomic E-state index is 11.6. The molecule has 0 saturated carbocycles. The van der Waals surface area contributed by atoms with Gasteiger partial charge in [0.05, 0.1) is 136 Å². The van der Waals surface area contributed by atoms with Crippen molar-refractivity contribution in [3.63, 3.8) is 0 Å². The fraction of sp³-hybridized carbons (Fsp3) is 0.358. The fourth-order valence-electron chi connectivity index (χ4n) is 7.15. The molecular formula is C67H78O33S6-6. The predicted molar refractivity (Wildman–Crippen MR) is 372 cm³/mol. The second kappa shape index (κ2) is 45.4. The number of esters is 7. The summed E-state index contributed by atoms with van der Waals surface area (Å²) in [5.74, 6) is -7.57. The molecule has 106 heavy (non-hydrogen) atoms. The highest BCUT2D eigenvalue weighted by molar-refractivity contribution is 7.86. The molecule has 0 aliphatic rings. The average Bonchev–Trinajstić information content (AvgIpc) is 0.853. The molecule has 0 radical (unpaired) electrons. The molecule has 6 aromatic carbocycles. The van der Waals surface area contributed by atoms with Crippen molar-refractivity contribution in [3.8, 4) is 11.5 Å². The Hall–Kier alpha value is -9.13. The highest BCUT2D eigenvalue weighted by atomic mass is 32.2. The Bertz CT molecular complexity index is 4430. The molecule has 0 aromatic heterocycles. The van der Waals surface area contributed by atoms with Gasteiger partial charge in [0, 0.05) is 6.92 Å². The van der Waals surface area contributed by atoms with Crippen LogP contribution in [0.4, 0.5) is 0 Å². The van der Waals surface area contributed by atoms with E-state index < -0.39 is 177 Å². The highest BCUT2D eigenvalue weighted by Gasteiger charge is 2.17. The lowest BCUT2D eigenvalue weighted by atomic mass is 9.87. The molecule has 0 fully saturated rings. The quantitative estimate of drug-likeness (QED) is 0.0251. The van der Waals surface area contributed by atoms with Crippen LogP contribution in [0.25, 0.3) is 0 Å². The van der Waals surface area contributed by atoms with Crippen LogP contribution < -0.4 is 9.47 Å². The van der Waals surface area contributed by atoms with Crippen molar-refractivity contribution in [2.24, 2.45) is 0 Å². The zero-order valence-corrected chi connectivity index (χ0v) is 63.4. The van der Waals surface area contributed by atoms with E-state index in [9.17, 15) is 111 Å². The van der Waals surface area contributed by atoms with Crippen molar-refractivity contribution in [1.29, 1.82) is 0 Å². The topological polar surface area (TPSA) is 537 Å². The summed E-state index contributed by atoms with van der Waals surface area (Å²) in [6.45, 7) is 12.7. The molecule has 39 heteroatoms. The Morgan fingerprint density at radius 2 is 0.585 bits per heavy atom. The van der Waals surface area contributed by atoms with Crippen LogP contribution >= 0.6 is 0 Å². The molecular weight excluding hydrogens is 1530 g/mol. The van der Waals surface area contributed by atoms with E-state index in [4.69, 9.17) is 14.2 Å². The largest absolute Gasteiger partial charge is 0.748 e. The maximum Gasteiger partial charge on any atom is 0.338 e. The number of hydrogen-bond donors (Lipinski definition) is 0. The summed E-state index contributed by atoms with van der Waals surface area (Å²) < 4.78 is 223. The van der Waals surface area contributed by atoms with Crippen molar-refractivity contribution in [2.75, 3.05) is 81.3 Å². The molecule has 0 saturated heterocycles. The van der Waals surface area contributed by atoms with Crippen LogP contribution in [-0.4, -0.2) is 201 Å². The second-order valence-corrected chi connectivity index (χ2v) is 31.9. The summed E-state index contributed by atoms with van der Waals surface area (Å²) in [6, 6.07) is 38.7. The summed E-state index contributed by atoms with van der Waals surface area (Å²) in [5.41, 5.74) is 5.98. The zero-order chi connectivity index (χ0) is 80.9. The Kier molecular flexibility index (Phi) is 40.6. The van der Waals surface area contributed by atoms with Crippen LogP contribution in [0.2, 0.25) is 0 Å². The lowest BCUT2D eigenvalue weighted by molar-refractivity contribution is -0.131. The van der Waals surface area contributed by atoms with Crippen molar-refractivity contribution in [1.82, 2.24) is 0 Å². The number of carbonyl (C=O) groups excluding carboxylic acids is 7. The lowest BCUT2D eigenvalue weighted by Crippen LogP contribution is -2.15. The molecule has 6 aromatic rings. The molecule has 33 nitrogen and oxygen atoms in total. The number of benzene rings is 6. The SMILES string of the molecule is CC(=O)Oc1ccc(C(=O)OCCS(=O)(=O)[O-])cc1.CC(C)(C)c1ccc(C(=O)OCCS(=O)(=O)[O-])cc1.CC(C)c1ccc(C(=O)OCCS(=O)(=O)[O-])cc1.CCc1ccc(C(=O)OCCS(=O)(=O)[O-])cc1.COc1ccc(C(=O)OCCS(=O)(=O)[O-])cc1.Cc1ccc(C(=O)OCCS(=O)(=O)[O-])cc1. The van der Waals surface area contributed by atoms with E-state index in [1.165, 1.54) is 50.4 Å². The first-order chi connectivity index (χ1) is 48.9. The van der Waals surface area contributed by atoms with Crippen molar-refractivity contribution in [2.45, 2.75) is 73.1 Å². The number of carbonyl (C=O) groups is 7. The number of rotatable bonds is 28. The maximum atomic E-state index is 11.6. The first kappa shape index (κ1) is 94.9. The third kappa shape index (κ3) is 46.0. The predicted octanol–water partition coefficient (Wildman–Crippen LogP) is 5.56. The normalized spacial score (nSPS) is 11.3. The van der Waals surface area contributed by atoms with Crippen LogP contribution in [0, 0.1) is 6.92 Å². The number of methoxy groups -OCH3 is 1. The van der Waals surface area contributed by atoms with Crippen LogP contribution in [-0.2, 0) is 106 Å². The standard InChI is InChI=1S/C13H18O5S.C12H16O5S.C11H12O7S.C11H14O5S.C10H12O6S.C10H12O5S/c1-13(2,3)11-6-4-10(5-7-11)12(14)18-8-9-19(15,16)17;1-9(2)10-3-5-11(6-4-10)12(13)17-7-8-18(14,15)16;1-8(12)18-10-4-2-9(3-5-10)11(13)17-6-7-19(14,15)16;1-2-9-3-5-10(6-4-9)11(12)16-7-8-17(13,14)15;1-15-9-4-2-8(3-5-9)10(11)16-6-7-17(12,13)14;1-8-2-4-9(5-3-8)10(11)15-6-7-16(12,13)14/h4-7H,8-9H2,1-3H3,(H,15,16,17);3-6,9H,7-8H2,1-2H3,(H,14,15,16);2-5H,6-7H2,1H3,(H,14,15,16);3-6H,2,7-8H2,1H3,(H,13,14,15);2-5H,6-7H2,1H3,(H,12,13,14);2-5H,6-7H2,1H3,(H,12,13,14)/p-6. The van der Waals surface area contributed by atoms with Crippen molar-refractivity contribution >= 4 is 102 Å². The minimum absolute atomic E-state index is 0.0148. The minimum Gasteiger partial charge on any atom is -0.748 e. The molecule has 0 N–H and O–H groups in total. The molecule has 0 aliphatic carbocycles. The van der Waals surface area contributed by atoms with Crippen LogP contribution in [0.15, 0.2) is 146 Å². The van der Waals surface area contributed by atoms with E-state index in [2.05, 4.69) is 44.5 Å². The Morgan fingerprint density at radius 1 is 0.358 bits per heavy atom. The van der Waals surface area contributed by atoms with Crippen molar-refractivity contribution < 1.29 is 149 Å². The summed E-state index contributed by atoms with van der Waals surface area (Å²) in [7, 11) is -24.7. The second-order valence-electron chi connectivity index (χ2n) is 22.8. The molecule has 0 spiro atoms. The molecule has 586 valence electrons. The Balaban J connectivity index is 0.000000637. The molecule has 0 atom stereocenters. The van der Waals surface area contributed by atoms with Crippen LogP contribution in [0.3, 0.4) is 0 Å². The van der Waals surface area contributed by atoms with Crippen LogP contribution in [0.1, 0.15) is 139 Å². The zero-order valence-electron chi connectivity index (χ0n) is 58.5. The van der Waals surface area contributed by atoms with E-state index in [0.29, 0.717) is 33.9 Å². The van der Waals surface area contributed by atoms with Gasteiger partial charge in [0.2, 0.25) is 0 Å². The van der Waals surface area contributed by atoms with E-state index in [0.717, 1.165) is 28.7 Å². The van der Waals surface area contributed by atoms with Gasteiger partial charge in [0.1, 0.15) is 51.1 Å². The highest BCUT2D eigenvalue weighted by Crippen LogP contribution is 2.23. The summed E-state index contributed by atoms with van der Waals surface area (Å²) in [5, 5.41) is 0. The molecule has 0 heterocycles. The van der Waals surface area contributed by atoms with E-state index in [1.54, 1.807) is 84.9 Å². The third-order valence-corrected chi connectivity index (χ3v) is 16.8. The molecule has 0 unspecified atom stereocenters. The molecule has 0 bridgehead atoms. The van der Waals surface area contributed by atoms with Gasteiger partial charge < -0.3 is 65.2 Å². The monoisotopic (exact) mass is 1600 g/mol. The van der Waals surface area contributed by atoms with Gasteiger partial charge in [0.15, 0.2) is 0 Å². The van der Waals surface area contributed by atoms with Gasteiger partial charge in [-0.1, -0.05) is 95.6 Å². The van der Waals surface area contributed by atoms with Gasteiger partial charge in [-0.3, -0.25) is 4.79 Å². The fourth-order valence-corrected chi connectivity index (χ4v) is 8.87. The minimum atomic E-state index is -4.41. The number of aryl methyl sites for hydroxylation is 2. The van der Waals surface area contributed by atoms with Gasteiger partial charge in [-0.15, -0.1) is 0 Å². The van der Waals surface area contributed by atoms with Gasteiger partial charge in [0.25, 0.3) is 0 Å². The summed E-state index contributed by atoms with van der Waals surface area (Å²) >= 11 is 0. The summed E-state index contributed by atoms with van der Waals surface area (Å²) in [6.07, 6.45) is 0.865. The van der Waals surface area contributed by atoms with Gasteiger partial charge in [-0.25, -0.2) is 79.3 Å². The first-order valence-electron chi connectivity index (χ1n) is 30.8. The van der Waals surface area contributed by atoms with E-state index in [-0.39, 0.29) is 22.3 Å². The average molecular weight is 1600 g/mol. The van der Waals surface area contributed by atoms with E-state index >= 15 is 0 Å². The van der Waals surface area contributed by atoms with Crippen LogP contribution in [0.5, 0.6) is 11.5 Å².